The van der Waals surface area contributed by atoms with Gasteiger partial charge in [-0.25, -0.2) is 0 Å². The smallest absolute Gasteiger partial charge is 0.149 e. The van der Waals surface area contributed by atoms with Gasteiger partial charge in [0.15, 0.2) is 0 Å². The topological polar surface area (TPSA) is 21.3 Å². The zero-order valence-corrected chi connectivity index (χ0v) is 14.4. The fraction of sp³-hybridized carbons (Fsp3) is 0.300. The second kappa shape index (κ2) is 5.22. The average Bonchev–Trinajstić information content (AvgIpc) is 2.91. The van der Waals surface area contributed by atoms with Crippen molar-refractivity contribution in [1.29, 1.82) is 0 Å². The van der Waals surface area contributed by atoms with Crippen LogP contribution in [-0.4, -0.2) is 12.1 Å². The molecule has 2 aromatic carbocycles. The Morgan fingerprint density at radius 3 is 2.48 bits per heavy atom. The third-order valence-electron chi connectivity index (χ3n) is 5.28. The summed E-state index contributed by atoms with van der Waals surface area (Å²) in [5.74, 6) is 1.93. The summed E-state index contributed by atoms with van der Waals surface area (Å²) in [6.07, 6.45) is 4.94. The van der Waals surface area contributed by atoms with Crippen LogP contribution in [0.2, 0.25) is 0 Å². The molecule has 0 radical (unpaired) electrons. The van der Waals surface area contributed by atoms with Crippen LogP contribution in [0, 0.1) is 0 Å². The van der Waals surface area contributed by atoms with Crippen LogP contribution in [0.4, 0.5) is 0 Å². The first kappa shape index (κ1) is 13.8. The molecule has 2 fully saturated rings. The highest BCUT2D eigenvalue weighted by molar-refractivity contribution is 9.10. The molecule has 2 nitrogen and oxygen atoms in total. The lowest BCUT2D eigenvalue weighted by molar-refractivity contribution is 0.463. The Labute approximate surface area is 144 Å². The molecule has 3 aliphatic heterocycles. The molecule has 0 aliphatic carbocycles. The number of hydrogen-bond donors (Lipinski definition) is 1. The maximum absolute atomic E-state index is 6.20. The van der Waals surface area contributed by atoms with E-state index in [2.05, 4.69) is 63.7 Å². The molecule has 3 heteroatoms. The molecule has 2 atom stereocenters. The predicted molar refractivity (Wildman–Crippen MR) is 95.9 cm³/mol. The summed E-state index contributed by atoms with van der Waals surface area (Å²) in [6.45, 7) is 0. The highest BCUT2D eigenvalue weighted by Gasteiger charge is 2.34. The summed E-state index contributed by atoms with van der Waals surface area (Å²) in [4.78, 5) is 0. The maximum Gasteiger partial charge on any atom is 0.149 e. The predicted octanol–water partition coefficient (Wildman–Crippen LogP) is 5.27. The first-order valence-corrected chi connectivity index (χ1v) is 9.13. The molecule has 1 N–H and O–H groups in total. The zero-order chi connectivity index (χ0) is 15.4. The van der Waals surface area contributed by atoms with Gasteiger partial charge in [-0.1, -0.05) is 35.9 Å². The number of para-hydroxylation sites is 2. The Hall–Kier alpha value is -1.58. The average molecular weight is 368 g/mol. The third kappa shape index (κ3) is 2.18. The van der Waals surface area contributed by atoms with Crippen molar-refractivity contribution in [2.45, 2.75) is 37.8 Å². The second-order valence-electron chi connectivity index (χ2n) is 6.74. The molecule has 116 valence electrons. The number of fused-ring (bicyclic) bond motifs is 4. The second-order valence-corrected chi connectivity index (χ2v) is 7.59. The van der Waals surface area contributed by atoms with Gasteiger partial charge in [0.1, 0.15) is 11.5 Å². The molecule has 2 bridgehead atoms. The summed E-state index contributed by atoms with van der Waals surface area (Å²) in [5, 5.41) is 3.74. The van der Waals surface area contributed by atoms with Crippen molar-refractivity contribution in [3.63, 3.8) is 0 Å². The zero-order valence-electron chi connectivity index (χ0n) is 12.8. The summed E-state index contributed by atoms with van der Waals surface area (Å²) < 4.78 is 7.23. The molecule has 3 heterocycles. The standard InChI is InChI=1S/C20H18BrNO/c21-17-6-3-5-16-19(12-10-13-8-9-14(11-12)22-13)15-4-1-2-7-18(15)23-20(16)17/h1-7,13-14,22H,8-11H2/t13-,14?/m0/s1. The number of nitrogens with one attached hydrogen (secondary N) is 1. The monoisotopic (exact) mass is 367 g/mol. The van der Waals surface area contributed by atoms with E-state index < -0.39 is 0 Å². The van der Waals surface area contributed by atoms with Crippen LogP contribution in [0.25, 0.3) is 5.57 Å². The number of halogens is 1. The first-order valence-electron chi connectivity index (χ1n) is 8.34. The summed E-state index contributed by atoms with van der Waals surface area (Å²) in [5.41, 5.74) is 5.47. The molecule has 2 saturated heterocycles. The van der Waals surface area contributed by atoms with E-state index in [0.717, 1.165) is 28.8 Å². The quantitative estimate of drug-likeness (QED) is 0.584. The highest BCUT2D eigenvalue weighted by Crippen LogP contribution is 2.49. The number of rotatable bonds is 0. The van der Waals surface area contributed by atoms with Crippen LogP contribution >= 0.6 is 15.9 Å². The van der Waals surface area contributed by atoms with Gasteiger partial charge in [0.25, 0.3) is 0 Å². The summed E-state index contributed by atoms with van der Waals surface area (Å²) in [7, 11) is 0. The van der Waals surface area contributed by atoms with Crippen LogP contribution in [-0.2, 0) is 0 Å². The van der Waals surface area contributed by atoms with Crippen molar-refractivity contribution in [2.75, 3.05) is 0 Å². The molecule has 0 aromatic heterocycles. The van der Waals surface area contributed by atoms with Gasteiger partial charge in [-0.3, -0.25) is 0 Å². The van der Waals surface area contributed by atoms with E-state index in [9.17, 15) is 0 Å². The molecule has 3 aliphatic rings. The highest BCUT2D eigenvalue weighted by atomic mass is 79.9. The minimum absolute atomic E-state index is 0.655. The van der Waals surface area contributed by atoms with E-state index in [-0.39, 0.29) is 0 Å². The molecular weight excluding hydrogens is 350 g/mol. The van der Waals surface area contributed by atoms with Gasteiger partial charge < -0.3 is 10.1 Å². The van der Waals surface area contributed by atoms with Crippen LogP contribution in [0.15, 0.2) is 52.5 Å². The number of piperidine rings is 1. The van der Waals surface area contributed by atoms with Gasteiger partial charge in [-0.15, -0.1) is 0 Å². The van der Waals surface area contributed by atoms with Crippen LogP contribution in [0.3, 0.4) is 0 Å². The molecule has 5 rings (SSSR count). The van der Waals surface area contributed by atoms with Gasteiger partial charge in [0.05, 0.1) is 4.47 Å². The van der Waals surface area contributed by atoms with Crippen molar-refractivity contribution >= 4 is 21.5 Å². The summed E-state index contributed by atoms with van der Waals surface area (Å²) >= 11 is 3.66. The Kier molecular flexibility index (Phi) is 3.14. The van der Waals surface area contributed by atoms with E-state index in [1.165, 1.54) is 29.5 Å². The minimum atomic E-state index is 0.655. The van der Waals surface area contributed by atoms with Crippen LogP contribution in [0.1, 0.15) is 36.8 Å². The normalized spacial score (nSPS) is 28.0. The SMILES string of the molecule is Brc1cccc2c1Oc1ccccc1C2=C1CC2CC[C@@H](C1)N2. The van der Waals surface area contributed by atoms with Gasteiger partial charge in [0, 0.05) is 23.2 Å². The van der Waals surface area contributed by atoms with E-state index in [4.69, 9.17) is 4.74 Å². The maximum atomic E-state index is 6.20. The third-order valence-corrected chi connectivity index (χ3v) is 5.90. The molecule has 0 saturated carbocycles. The molecule has 0 amide bonds. The Morgan fingerprint density at radius 1 is 0.913 bits per heavy atom. The van der Waals surface area contributed by atoms with E-state index in [1.54, 1.807) is 5.57 Å². The van der Waals surface area contributed by atoms with Crippen LogP contribution < -0.4 is 10.1 Å². The molecular formula is C20H18BrNO. The van der Waals surface area contributed by atoms with E-state index in [0.29, 0.717) is 12.1 Å². The minimum Gasteiger partial charge on any atom is -0.455 e. The Balaban J connectivity index is 1.76. The Morgan fingerprint density at radius 2 is 1.65 bits per heavy atom. The number of ether oxygens (including phenoxy) is 1. The molecule has 0 spiro atoms. The lowest BCUT2D eigenvalue weighted by atomic mass is 9.84. The molecule has 1 unspecified atom stereocenters. The van der Waals surface area contributed by atoms with Crippen molar-refractivity contribution in [3.05, 3.63) is 63.6 Å². The summed E-state index contributed by atoms with van der Waals surface area (Å²) in [6, 6.07) is 16.1. The van der Waals surface area contributed by atoms with Gasteiger partial charge in [-0.2, -0.15) is 0 Å². The van der Waals surface area contributed by atoms with Gasteiger partial charge in [0.2, 0.25) is 0 Å². The van der Waals surface area contributed by atoms with Crippen molar-refractivity contribution in [2.24, 2.45) is 0 Å². The van der Waals surface area contributed by atoms with Crippen molar-refractivity contribution in [1.82, 2.24) is 5.32 Å². The van der Waals surface area contributed by atoms with Crippen LogP contribution in [0.5, 0.6) is 11.5 Å². The fourth-order valence-electron chi connectivity index (χ4n) is 4.31. The van der Waals surface area contributed by atoms with Gasteiger partial charge in [-0.05, 0) is 59.3 Å². The van der Waals surface area contributed by atoms with E-state index >= 15 is 0 Å². The lowest BCUT2D eigenvalue weighted by Crippen LogP contribution is -2.35. The van der Waals surface area contributed by atoms with Crippen molar-refractivity contribution in [3.8, 4) is 11.5 Å². The first-order chi connectivity index (χ1) is 11.3. The molecule has 23 heavy (non-hydrogen) atoms. The molecule has 2 aromatic rings. The largest absolute Gasteiger partial charge is 0.455 e. The lowest BCUT2D eigenvalue weighted by Gasteiger charge is -2.30. The number of benzene rings is 2. The number of hydrogen-bond acceptors (Lipinski definition) is 2. The van der Waals surface area contributed by atoms with E-state index in [1.807, 2.05) is 0 Å². The van der Waals surface area contributed by atoms with Crippen molar-refractivity contribution < 1.29 is 4.74 Å². The fourth-order valence-corrected chi connectivity index (χ4v) is 4.76. The Bertz CT molecular complexity index is 812. The van der Waals surface area contributed by atoms with Gasteiger partial charge >= 0.3 is 0 Å².